The van der Waals surface area contributed by atoms with Crippen LogP contribution in [0.1, 0.15) is 61.1 Å². The van der Waals surface area contributed by atoms with Crippen molar-refractivity contribution < 1.29 is 49.8 Å². The second kappa shape index (κ2) is 22.0. The van der Waals surface area contributed by atoms with Crippen LogP contribution in [0.4, 0.5) is 0 Å². The van der Waals surface area contributed by atoms with Crippen molar-refractivity contribution in [2.75, 3.05) is 39.3 Å². The van der Waals surface area contributed by atoms with Crippen molar-refractivity contribution in [2.24, 2.45) is 11.8 Å². The molecule has 0 spiro atoms. The van der Waals surface area contributed by atoms with E-state index in [2.05, 4.69) is 80.7 Å². The monoisotopic (exact) mass is 980 g/mol. The molecule has 0 saturated heterocycles. The van der Waals surface area contributed by atoms with E-state index in [9.17, 15) is 29.4 Å². The molecule has 0 radical (unpaired) electrons. The van der Waals surface area contributed by atoms with Crippen LogP contribution in [0, 0.1) is 11.8 Å². The van der Waals surface area contributed by atoms with E-state index in [1.807, 2.05) is 73.9 Å². The van der Waals surface area contributed by atoms with Crippen LogP contribution in [0.5, 0.6) is 11.5 Å². The molecule has 2 aliphatic heterocycles. The van der Waals surface area contributed by atoms with Crippen molar-refractivity contribution in [3.63, 3.8) is 0 Å². The van der Waals surface area contributed by atoms with Gasteiger partial charge in [0.15, 0.2) is 12.2 Å². The molecule has 4 heterocycles. The highest BCUT2D eigenvalue weighted by Gasteiger charge is 2.40. The van der Waals surface area contributed by atoms with Gasteiger partial charge in [-0.2, -0.15) is 0 Å². The number of aromatic nitrogens is 2. The predicted molar refractivity (Wildman–Crippen MR) is 275 cm³/mol. The number of benzene rings is 4. The van der Waals surface area contributed by atoms with Crippen LogP contribution >= 0.6 is 0 Å². The number of fused-ring (bicyclic) bond motifs is 4. The van der Waals surface area contributed by atoms with Crippen LogP contribution in [0.15, 0.2) is 109 Å². The molecule has 10 rings (SSSR count). The van der Waals surface area contributed by atoms with Gasteiger partial charge in [0, 0.05) is 98.6 Å². The third kappa shape index (κ3) is 10.5. The molecule has 6 aromatic rings. The summed E-state index contributed by atoms with van der Waals surface area (Å²) < 4.78 is 0. The van der Waals surface area contributed by atoms with Gasteiger partial charge in [-0.05, 0) is 121 Å². The molecule has 2 amide bonds. The number of aliphatic hydroxyl groups is 2. The Morgan fingerprint density at radius 2 is 0.958 bits per heavy atom. The van der Waals surface area contributed by atoms with Gasteiger partial charge in [0.1, 0.15) is 11.5 Å². The fourth-order valence-corrected chi connectivity index (χ4v) is 10.9. The van der Waals surface area contributed by atoms with Crippen LogP contribution in [-0.4, -0.2) is 148 Å². The molecule has 16 nitrogen and oxygen atoms in total. The molecule has 0 fully saturated rings. The van der Waals surface area contributed by atoms with E-state index >= 15 is 0 Å². The number of aromatic hydroxyl groups is 2. The van der Waals surface area contributed by atoms with Gasteiger partial charge in [-0.15, -0.1) is 0 Å². The number of hydrogen-bond acceptors (Lipinski definition) is 10. The third-order valence-corrected chi connectivity index (χ3v) is 14.4. The zero-order valence-corrected chi connectivity index (χ0v) is 41.0. The maximum absolute atomic E-state index is 13.3. The number of aromatic amines is 2. The number of rotatable bonds is 13. The smallest absolute Gasteiger partial charge is 0.335 e. The maximum atomic E-state index is 13.3. The number of hydrogen-bond donors (Lipinski definition) is 8. The van der Waals surface area contributed by atoms with Crippen molar-refractivity contribution >= 4 is 56.7 Å². The fraction of sp³-hybridized carbons (Fsp3) is 0.357. The molecular weight excluding hydrogens is 917 g/mol. The maximum Gasteiger partial charge on any atom is 0.335 e. The van der Waals surface area contributed by atoms with Crippen molar-refractivity contribution in [1.82, 2.24) is 29.6 Å². The molecule has 16 heteroatoms. The van der Waals surface area contributed by atoms with E-state index in [1.165, 1.54) is 44.2 Å². The summed E-state index contributed by atoms with van der Waals surface area (Å²) in [6.45, 7) is 13.8. The van der Waals surface area contributed by atoms with Crippen molar-refractivity contribution in [3.8, 4) is 11.5 Å². The summed E-state index contributed by atoms with van der Waals surface area (Å²) in [6.07, 6.45) is 6.04. The summed E-state index contributed by atoms with van der Waals surface area (Å²) in [6, 6.07) is 28.2. The van der Waals surface area contributed by atoms with Gasteiger partial charge in [-0.1, -0.05) is 60.7 Å². The Bertz CT molecular complexity index is 2820. The number of H-pyrrole nitrogens is 2. The highest BCUT2D eigenvalue weighted by molar-refractivity contribution is 6.00. The third-order valence-electron chi connectivity index (χ3n) is 14.4. The van der Waals surface area contributed by atoms with E-state index < -0.39 is 24.1 Å². The second-order valence-electron chi connectivity index (χ2n) is 18.8. The van der Waals surface area contributed by atoms with Gasteiger partial charge in [-0.3, -0.25) is 19.4 Å². The average Bonchev–Trinajstić information content (AvgIpc) is 4.00. The molecule has 2 aromatic heterocycles. The van der Waals surface area contributed by atoms with Crippen LogP contribution in [0.2, 0.25) is 0 Å². The Labute approximate surface area is 418 Å². The molecule has 8 N–H and O–H groups in total. The SMILES string of the molecule is CCN(CC)C(=O)[C@@H]1C=C2c3cccc4[nH]cc(c34)C[C@H]2N(Cc2cccc(O)c2)C1.CCN(CC)C(=O)[C@@H]1C=C2c3cccc4[nH]cc(c34)C[C@H]2N(Cc2cccc(O)c2)C1.O=C(O)C(O)C(O)C(=O)O. The molecular formula is C56H64N6O10. The van der Waals surface area contributed by atoms with E-state index in [0.717, 1.165) is 61.2 Å². The summed E-state index contributed by atoms with van der Waals surface area (Å²) >= 11 is 0. The Morgan fingerprint density at radius 3 is 1.31 bits per heavy atom. The minimum Gasteiger partial charge on any atom is -0.508 e. The first kappa shape index (κ1) is 51.1. The molecule has 6 atom stereocenters. The summed E-state index contributed by atoms with van der Waals surface area (Å²) in [5, 5.41) is 55.0. The zero-order valence-electron chi connectivity index (χ0n) is 41.0. The lowest BCUT2D eigenvalue weighted by Gasteiger charge is -2.42. The quantitative estimate of drug-likeness (QED) is 0.0643. The normalized spacial score (nSPS) is 19.8. The van der Waals surface area contributed by atoms with Crippen LogP contribution in [0.3, 0.4) is 0 Å². The first-order chi connectivity index (χ1) is 34.6. The number of aliphatic hydroxyl groups excluding tert-OH is 2. The number of phenols is 2. The van der Waals surface area contributed by atoms with Gasteiger partial charge < -0.3 is 50.4 Å². The number of carbonyl (C=O) groups is 4. The first-order valence-electron chi connectivity index (χ1n) is 24.7. The number of nitrogens with one attached hydrogen (secondary N) is 2. The van der Waals surface area contributed by atoms with E-state index in [0.29, 0.717) is 26.2 Å². The number of carboxylic acids is 2. The minimum absolute atomic E-state index is 0.167. The topological polar surface area (TPSA) is 234 Å². The summed E-state index contributed by atoms with van der Waals surface area (Å²) in [5.41, 5.74) is 12.1. The molecule has 72 heavy (non-hydrogen) atoms. The lowest BCUT2D eigenvalue weighted by molar-refractivity contribution is -0.165. The number of carboxylic acid groups (broad SMARTS) is 2. The van der Waals surface area contributed by atoms with Crippen LogP contribution in [0.25, 0.3) is 33.0 Å². The standard InChI is InChI=1S/2C26H29N3O2.C4H6O6/c2*1-3-28(4-2)26(31)19-12-22-21-9-6-10-23-25(21)18(14-27-23)13-24(22)29(16-19)15-17-7-5-8-20(30)11-17;5-1(3(7)8)2(6)4(9)10/h2*5-12,14,19,24,27,30H,3-4,13,15-16H2,1-2H3;1-2,5-6H,(H,7,8)(H,9,10)/t2*19-,24-;/m11./s1. The van der Waals surface area contributed by atoms with Crippen LogP contribution in [-0.2, 0) is 45.1 Å². The molecule has 4 aromatic carbocycles. The van der Waals surface area contributed by atoms with E-state index in [1.54, 1.807) is 12.1 Å². The Kier molecular flexibility index (Phi) is 15.6. The van der Waals surface area contributed by atoms with Gasteiger partial charge in [-0.25, -0.2) is 9.59 Å². The van der Waals surface area contributed by atoms with Gasteiger partial charge in [0.05, 0.1) is 11.8 Å². The number of amides is 2. The van der Waals surface area contributed by atoms with Crippen LogP contribution < -0.4 is 0 Å². The molecule has 4 aliphatic rings. The molecule has 0 saturated carbocycles. The lowest BCUT2D eigenvalue weighted by Crippen LogP contribution is -2.48. The number of carbonyl (C=O) groups excluding carboxylic acids is 2. The first-order valence-corrected chi connectivity index (χ1v) is 24.7. The largest absolute Gasteiger partial charge is 0.508 e. The van der Waals surface area contributed by atoms with Crippen molar-refractivity contribution in [1.29, 1.82) is 0 Å². The summed E-state index contributed by atoms with van der Waals surface area (Å²) in [5.74, 6) is -2.92. The summed E-state index contributed by atoms with van der Waals surface area (Å²) in [4.78, 5) is 61.8. The Hall–Kier alpha value is -7.24. The highest BCUT2D eigenvalue weighted by Crippen LogP contribution is 2.44. The van der Waals surface area contributed by atoms with Crippen molar-refractivity contribution in [3.05, 3.63) is 143 Å². The number of nitrogens with zero attached hydrogens (tertiary/aromatic N) is 4. The van der Waals surface area contributed by atoms with Crippen molar-refractivity contribution in [2.45, 2.75) is 77.9 Å². The van der Waals surface area contributed by atoms with E-state index in [4.69, 9.17) is 20.4 Å². The average molecular weight is 981 g/mol. The fourth-order valence-electron chi connectivity index (χ4n) is 10.9. The van der Waals surface area contributed by atoms with Gasteiger partial charge in [0.25, 0.3) is 0 Å². The van der Waals surface area contributed by atoms with E-state index in [-0.39, 0.29) is 47.2 Å². The Balaban J connectivity index is 0.000000163. The molecule has 2 unspecified atom stereocenters. The predicted octanol–water partition coefficient (Wildman–Crippen LogP) is 6.24. The molecule has 378 valence electrons. The lowest BCUT2D eigenvalue weighted by atomic mass is 9.79. The highest BCUT2D eigenvalue weighted by atomic mass is 16.4. The zero-order chi connectivity index (χ0) is 51.4. The van der Waals surface area contributed by atoms with Gasteiger partial charge in [0.2, 0.25) is 11.8 Å². The molecule has 2 aliphatic carbocycles. The number of phenolic OH excluding ortho intramolecular Hbond substituents is 2. The Morgan fingerprint density at radius 1 is 0.583 bits per heavy atom. The van der Waals surface area contributed by atoms with Gasteiger partial charge >= 0.3 is 11.9 Å². The minimum atomic E-state index is -2.27. The molecule has 0 bridgehead atoms. The second-order valence-corrected chi connectivity index (χ2v) is 18.8. The summed E-state index contributed by atoms with van der Waals surface area (Å²) in [7, 11) is 0. The number of aliphatic carboxylic acids is 2.